The molecule has 1 N–H and O–H groups in total. The third-order valence-corrected chi connectivity index (χ3v) is 2.38. The van der Waals surface area contributed by atoms with Gasteiger partial charge in [0.15, 0.2) is 5.78 Å². The predicted molar refractivity (Wildman–Crippen MR) is 58.6 cm³/mol. The molecular weight excluding hydrogens is 174 g/mol. The van der Waals surface area contributed by atoms with Crippen LogP contribution in [-0.2, 0) is 0 Å². The maximum absolute atomic E-state index is 11.9. The molecule has 2 heteroatoms. The smallest absolute Gasteiger partial charge is 0.179 e. The Bertz CT molecular complexity index is 316. The quantitative estimate of drug-likeness (QED) is 0.739. The Morgan fingerprint density at radius 1 is 1.50 bits per heavy atom. The van der Waals surface area contributed by atoms with Crippen LogP contribution in [0, 0.1) is 6.92 Å². The Morgan fingerprint density at radius 3 is 2.71 bits per heavy atom. The normalized spacial score (nSPS) is 12.5. The minimum Gasteiger partial charge on any atom is -0.310 e. The third-order valence-electron chi connectivity index (χ3n) is 2.38. The number of carbonyl (C=O) groups is 1. The van der Waals surface area contributed by atoms with E-state index >= 15 is 0 Å². The number of aryl methyl sites for hydroxylation is 1. The second-order valence-corrected chi connectivity index (χ2v) is 3.48. The van der Waals surface area contributed by atoms with Crippen molar-refractivity contribution in [1.82, 2.24) is 5.32 Å². The molecule has 0 heterocycles. The molecule has 14 heavy (non-hydrogen) atoms. The van der Waals surface area contributed by atoms with E-state index in [0.717, 1.165) is 17.5 Å². The van der Waals surface area contributed by atoms with Crippen molar-refractivity contribution in [3.05, 3.63) is 35.4 Å². The summed E-state index contributed by atoms with van der Waals surface area (Å²) in [5, 5.41) is 3.02. The number of ketones is 1. The second kappa shape index (κ2) is 4.91. The Morgan fingerprint density at radius 2 is 2.21 bits per heavy atom. The van der Waals surface area contributed by atoms with Gasteiger partial charge in [-0.1, -0.05) is 30.7 Å². The Labute approximate surface area is 85.3 Å². The number of benzene rings is 1. The highest BCUT2D eigenvalue weighted by atomic mass is 16.1. The number of hydrogen-bond donors (Lipinski definition) is 1. The van der Waals surface area contributed by atoms with Gasteiger partial charge in [-0.2, -0.15) is 0 Å². The predicted octanol–water partition coefficient (Wildman–Crippen LogP) is 2.18. The molecule has 0 fully saturated rings. The average molecular weight is 191 g/mol. The third kappa shape index (κ3) is 2.42. The molecule has 0 unspecified atom stereocenters. The van der Waals surface area contributed by atoms with Crippen molar-refractivity contribution >= 4 is 5.78 Å². The van der Waals surface area contributed by atoms with Crippen molar-refractivity contribution in [2.45, 2.75) is 26.3 Å². The van der Waals surface area contributed by atoms with Gasteiger partial charge in [-0.15, -0.1) is 0 Å². The molecule has 0 aliphatic rings. The fourth-order valence-corrected chi connectivity index (χ4v) is 1.52. The van der Waals surface area contributed by atoms with Gasteiger partial charge in [-0.05, 0) is 26.5 Å². The maximum atomic E-state index is 11.9. The largest absolute Gasteiger partial charge is 0.310 e. The van der Waals surface area contributed by atoms with Crippen molar-refractivity contribution in [2.75, 3.05) is 7.05 Å². The van der Waals surface area contributed by atoms with Crippen LogP contribution in [0.1, 0.15) is 29.3 Å². The van der Waals surface area contributed by atoms with Crippen LogP contribution in [0.25, 0.3) is 0 Å². The van der Waals surface area contributed by atoms with Gasteiger partial charge in [0.25, 0.3) is 0 Å². The molecule has 0 spiro atoms. The van der Waals surface area contributed by atoms with Crippen molar-refractivity contribution in [3.63, 3.8) is 0 Å². The fraction of sp³-hybridized carbons (Fsp3) is 0.417. The summed E-state index contributed by atoms with van der Waals surface area (Å²) < 4.78 is 0. The summed E-state index contributed by atoms with van der Waals surface area (Å²) in [5.41, 5.74) is 1.92. The van der Waals surface area contributed by atoms with Crippen LogP contribution in [-0.4, -0.2) is 18.9 Å². The van der Waals surface area contributed by atoms with E-state index in [4.69, 9.17) is 0 Å². The molecule has 76 valence electrons. The first-order valence-corrected chi connectivity index (χ1v) is 4.97. The Kier molecular flexibility index (Phi) is 3.84. The Balaban J connectivity index is 2.88. The average Bonchev–Trinajstić information content (AvgIpc) is 2.19. The molecule has 2 nitrogen and oxygen atoms in total. The summed E-state index contributed by atoms with van der Waals surface area (Å²) in [6.45, 7) is 4.01. The van der Waals surface area contributed by atoms with Crippen LogP contribution < -0.4 is 5.32 Å². The first kappa shape index (κ1) is 10.9. The van der Waals surface area contributed by atoms with Gasteiger partial charge < -0.3 is 5.32 Å². The van der Waals surface area contributed by atoms with E-state index in [1.54, 1.807) is 0 Å². The molecular formula is C12H17NO. The zero-order valence-electron chi connectivity index (χ0n) is 9.00. The first-order chi connectivity index (χ1) is 6.69. The van der Waals surface area contributed by atoms with Crippen molar-refractivity contribution in [3.8, 4) is 0 Å². The maximum Gasteiger partial charge on any atom is 0.179 e. The molecule has 1 aromatic rings. The molecule has 0 aliphatic heterocycles. The molecule has 0 radical (unpaired) electrons. The summed E-state index contributed by atoms with van der Waals surface area (Å²) in [5.74, 6) is 0.179. The highest BCUT2D eigenvalue weighted by molar-refractivity contribution is 6.00. The summed E-state index contributed by atoms with van der Waals surface area (Å²) in [4.78, 5) is 11.9. The lowest BCUT2D eigenvalue weighted by Gasteiger charge is -2.12. The minimum atomic E-state index is -0.0585. The molecule has 0 amide bonds. The Hall–Kier alpha value is -1.15. The van der Waals surface area contributed by atoms with E-state index < -0.39 is 0 Å². The van der Waals surface area contributed by atoms with Gasteiger partial charge in [0.1, 0.15) is 0 Å². The summed E-state index contributed by atoms with van der Waals surface area (Å²) in [6.07, 6.45) is 0.823. The van der Waals surface area contributed by atoms with E-state index in [0.29, 0.717) is 0 Å². The molecule has 0 aliphatic carbocycles. The van der Waals surface area contributed by atoms with Crippen LogP contribution >= 0.6 is 0 Å². The van der Waals surface area contributed by atoms with E-state index in [1.165, 1.54) is 0 Å². The number of hydrogen-bond acceptors (Lipinski definition) is 2. The molecule has 1 rings (SSSR count). The van der Waals surface area contributed by atoms with Gasteiger partial charge in [0, 0.05) is 5.56 Å². The molecule has 1 atom stereocenters. The molecule has 0 saturated carbocycles. The van der Waals surface area contributed by atoms with Crippen LogP contribution in [0.2, 0.25) is 0 Å². The lowest BCUT2D eigenvalue weighted by molar-refractivity contribution is 0.0945. The van der Waals surface area contributed by atoms with Crippen LogP contribution in [0.15, 0.2) is 24.3 Å². The molecule has 1 aromatic carbocycles. The van der Waals surface area contributed by atoms with Gasteiger partial charge in [0.05, 0.1) is 6.04 Å². The zero-order valence-corrected chi connectivity index (χ0v) is 9.00. The van der Waals surface area contributed by atoms with Gasteiger partial charge in [0.2, 0.25) is 0 Å². The molecule has 0 bridgehead atoms. The van der Waals surface area contributed by atoms with Gasteiger partial charge in [-0.25, -0.2) is 0 Å². The highest BCUT2D eigenvalue weighted by Crippen LogP contribution is 2.08. The second-order valence-electron chi connectivity index (χ2n) is 3.48. The lowest BCUT2D eigenvalue weighted by atomic mass is 10.0. The van der Waals surface area contributed by atoms with Crippen molar-refractivity contribution in [2.24, 2.45) is 0 Å². The van der Waals surface area contributed by atoms with E-state index in [9.17, 15) is 4.79 Å². The topological polar surface area (TPSA) is 29.1 Å². The summed E-state index contributed by atoms with van der Waals surface area (Å²) in [7, 11) is 1.82. The van der Waals surface area contributed by atoms with Crippen LogP contribution in [0.5, 0.6) is 0 Å². The molecule has 0 aromatic heterocycles. The summed E-state index contributed by atoms with van der Waals surface area (Å²) >= 11 is 0. The van der Waals surface area contributed by atoms with Crippen molar-refractivity contribution < 1.29 is 4.79 Å². The number of rotatable bonds is 4. The van der Waals surface area contributed by atoms with Crippen molar-refractivity contribution in [1.29, 1.82) is 0 Å². The van der Waals surface area contributed by atoms with Crippen LogP contribution in [0.4, 0.5) is 0 Å². The highest BCUT2D eigenvalue weighted by Gasteiger charge is 2.15. The SMILES string of the molecule is CC[C@@H](NC)C(=O)c1cccc(C)c1. The van der Waals surface area contributed by atoms with Crippen LogP contribution in [0.3, 0.4) is 0 Å². The zero-order chi connectivity index (χ0) is 10.6. The van der Waals surface area contributed by atoms with E-state index in [2.05, 4.69) is 5.32 Å². The standard InChI is InChI=1S/C12H17NO/c1-4-11(13-3)12(14)10-7-5-6-9(2)8-10/h5-8,11,13H,4H2,1-3H3/t11-/m1/s1. The monoisotopic (exact) mass is 191 g/mol. The summed E-state index contributed by atoms with van der Waals surface area (Å²) in [6, 6.07) is 7.66. The first-order valence-electron chi connectivity index (χ1n) is 4.97. The van der Waals surface area contributed by atoms with Gasteiger partial charge in [-0.3, -0.25) is 4.79 Å². The van der Waals surface area contributed by atoms with E-state index in [1.807, 2.05) is 45.2 Å². The number of Topliss-reactive ketones (excluding diaryl/α,β-unsaturated/α-hetero) is 1. The number of nitrogens with one attached hydrogen (secondary N) is 1. The van der Waals surface area contributed by atoms with Gasteiger partial charge >= 0.3 is 0 Å². The number of likely N-dealkylation sites (N-methyl/N-ethyl adjacent to an activating group) is 1. The number of carbonyl (C=O) groups excluding carboxylic acids is 1. The van der Waals surface area contributed by atoms with E-state index in [-0.39, 0.29) is 11.8 Å². The molecule has 0 saturated heterocycles. The minimum absolute atomic E-state index is 0.0585. The fourth-order valence-electron chi connectivity index (χ4n) is 1.52. The lowest BCUT2D eigenvalue weighted by Crippen LogP contribution is -2.33.